The highest BCUT2D eigenvalue weighted by atomic mass is 16.2. The Kier molecular flexibility index (Phi) is 8.44. The van der Waals surface area contributed by atoms with Gasteiger partial charge in [0.1, 0.15) is 0 Å². The third kappa shape index (κ3) is 7.40. The minimum absolute atomic E-state index is 0.346. The Labute approximate surface area is 95.0 Å². The van der Waals surface area contributed by atoms with E-state index in [1.54, 1.807) is 0 Å². The average Bonchev–Trinajstić information content (AvgIpc) is 2.20. The van der Waals surface area contributed by atoms with E-state index in [0.29, 0.717) is 11.8 Å². The van der Waals surface area contributed by atoms with Crippen molar-refractivity contribution in [1.82, 2.24) is 4.90 Å². The number of hydrogen-bond acceptors (Lipinski definition) is 1. The molecule has 0 unspecified atom stereocenters. The number of carbonyl (C=O) groups is 1. The van der Waals surface area contributed by atoms with Crippen LogP contribution in [0.15, 0.2) is 0 Å². The zero-order valence-corrected chi connectivity index (χ0v) is 10.9. The summed E-state index contributed by atoms with van der Waals surface area (Å²) >= 11 is 0. The number of amides is 1. The van der Waals surface area contributed by atoms with Gasteiger partial charge in [-0.25, -0.2) is 0 Å². The molecule has 0 atom stereocenters. The van der Waals surface area contributed by atoms with Gasteiger partial charge in [-0.05, 0) is 18.8 Å². The molecule has 0 saturated carbocycles. The van der Waals surface area contributed by atoms with Gasteiger partial charge < -0.3 is 4.90 Å². The molecule has 0 saturated heterocycles. The van der Waals surface area contributed by atoms with Crippen LogP contribution in [0.2, 0.25) is 0 Å². The number of hydrogen-bond donors (Lipinski definition) is 0. The second-order valence-corrected chi connectivity index (χ2v) is 4.69. The summed E-state index contributed by atoms with van der Waals surface area (Å²) in [6.07, 6.45) is 5.15. The topological polar surface area (TPSA) is 20.3 Å². The highest BCUT2D eigenvalue weighted by Crippen LogP contribution is 2.06. The van der Waals surface area contributed by atoms with Crippen molar-refractivity contribution < 1.29 is 4.79 Å². The van der Waals surface area contributed by atoms with Crippen molar-refractivity contribution in [3.05, 3.63) is 0 Å². The first-order chi connectivity index (χ1) is 7.11. The Bertz CT molecular complexity index is 166. The quantitative estimate of drug-likeness (QED) is 0.604. The van der Waals surface area contributed by atoms with E-state index < -0.39 is 0 Å². The van der Waals surface area contributed by atoms with Crippen LogP contribution in [-0.2, 0) is 4.79 Å². The summed E-state index contributed by atoms with van der Waals surface area (Å²) < 4.78 is 0. The lowest BCUT2D eigenvalue weighted by atomic mass is 10.1. The lowest BCUT2D eigenvalue weighted by molar-refractivity contribution is -0.131. The van der Waals surface area contributed by atoms with Crippen LogP contribution in [0.4, 0.5) is 0 Å². The Morgan fingerprint density at radius 1 is 1.13 bits per heavy atom. The first-order valence-corrected chi connectivity index (χ1v) is 6.39. The summed E-state index contributed by atoms with van der Waals surface area (Å²) in [5.74, 6) is 0.923. The van der Waals surface area contributed by atoms with Crippen molar-refractivity contribution >= 4 is 5.91 Å². The first-order valence-electron chi connectivity index (χ1n) is 6.39. The molecule has 90 valence electrons. The molecule has 0 radical (unpaired) electrons. The molecule has 0 aliphatic carbocycles. The fourth-order valence-corrected chi connectivity index (χ4v) is 1.59. The van der Waals surface area contributed by atoms with Crippen LogP contribution < -0.4 is 0 Å². The molecule has 0 bridgehead atoms. The Morgan fingerprint density at radius 2 is 1.73 bits per heavy atom. The Balaban J connectivity index is 4.02. The second kappa shape index (κ2) is 8.75. The zero-order chi connectivity index (χ0) is 11.7. The number of carbonyl (C=O) groups excluding carboxylic acids is 1. The van der Waals surface area contributed by atoms with Crippen LogP contribution in [0, 0.1) is 5.92 Å². The van der Waals surface area contributed by atoms with E-state index in [4.69, 9.17) is 0 Å². The Hall–Kier alpha value is -0.530. The van der Waals surface area contributed by atoms with Crippen molar-refractivity contribution in [3.8, 4) is 0 Å². The lowest BCUT2D eigenvalue weighted by Gasteiger charge is -2.24. The Morgan fingerprint density at radius 3 is 2.20 bits per heavy atom. The van der Waals surface area contributed by atoms with Crippen molar-refractivity contribution in [2.75, 3.05) is 13.1 Å². The van der Waals surface area contributed by atoms with E-state index in [0.717, 1.165) is 45.2 Å². The molecule has 0 aromatic heterocycles. The summed E-state index contributed by atoms with van der Waals surface area (Å²) in [5, 5.41) is 0. The van der Waals surface area contributed by atoms with Gasteiger partial charge in [0.25, 0.3) is 0 Å². The number of unbranched alkanes of at least 4 members (excludes halogenated alkanes) is 2. The summed E-state index contributed by atoms with van der Waals surface area (Å²) in [6.45, 7) is 10.5. The predicted molar refractivity (Wildman–Crippen MR) is 65.9 cm³/mol. The SMILES string of the molecule is CCCCC(=O)N(CCCC)CC(C)C. The highest BCUT2D eigenvalue weighted by Gasteiger charge is 2.13. The van der Waals surface area contributed by atoms with Gasteiger partial charge in [-0.15, -0.1) is 0 Å². The predicted octanol–water partition coefficient (Wildman–Crippen LogP) is 3.46. The van der Waals surface area contributed by atoms with Gasteiger partial charge in [-0.2, -0.15) is 0 Å². The molecule has 0 rings (SSSR count). The van der Waals surface area contributed by atoms with Crippen molar-refractivity contribution in [2.24, 2.45) is 5.92 Å². The molecule has 2 nitrogen and oxygen atoms in total. The molecule has 0 aliphatic rings. The van der Waals surface area contributed by atoms with Gasteiger partial charge in [0.15, 0.2) is 0 Å². The molecule has 0 heterocycles. The number of rotatable bonds is 8. The van der Waals surface area contributed by atoms with E-state index in [9.17, 15) is 4.79 Å². The first kappa shape index (κ1) is 14.5. The third-order valence-electron chi connectivity index (χ3n) is 2.46. The zero-order valence-electron chi connectivity index (χ0n) is 10.9. The van der Waals surface area contributed by atoms with Gasteiger partial charge in [-0.3, -0.25) is 4.79 Å². The molecule has 0 fully saturated rings. The molecule has 0 aromatic rings. The summed E-state index contributed by atoms with van der Waals surface area (Å²) in [6, 6.07) is 0. The summed E-state index contributed by atoms with van der Waals surface area (Å²) in [7, 11) is 0. The van der Waals surface area contributed by atoms with Crippen LogP contribution in [0.3, 0.4) is 0 Å². The second-order valence-electron chi connectivity index (χ2n) is 4.69. The molecular weight excluding hydrogens is 186 g/mol. The molecule has 0 aromatic carbocycles. The van der Waals surface area contributed by atoms with E-state index in [1.807, 2.05) is 4.90 Å². The maximum absolute atomic E-state index is 11.9. The van der Waals surface area contributed by atoms with Crippen molar-refractivity contribution in [2.45, 2.75) is 59.8 Å². The molecule has 1 amide bonds. The molecule has 15 heavy (non-hydrogen) atoms. The molecular formula is C13H27NO. The molecule has 2 heteroatoms. The van der Waals surface area contributed by atoms with E-state index in [1.165, 1.54) is 0 Å². The maximum Gasteiger partial charge on any atom is 0.222 e. The van der Waals surface area contributed by atoms with Gasteiger partial charge in [0, 0.05) is 19.5 Å². The van der Waals surface area contributed by atoms with Crippen LogP contribution >= 0.6 is 0 Å². The number of nitrogens with zero attached hydrogens (tertiary/aromatic N) is 1. The lowest BCUT2D eigenvalue weighted by Crippen LogP contribution is -2.34. The van der Waals surface area contributed by atoms with Crippen molar-refractivity contribution in [1.29, 1.82) is 0 Å². The average molecular weight is 213 g/mol. The molecule has 0 N–H and O–H groups in total. The summed E-state index contributed by atoms with van der Waals surface area (Å²) in [5.41, 5.74) is 0. The van der Waals surface area contributed by atoms with Gasteiger partial charge in [0.05, 0.1) is 0 Å². The van der Waals surface area contributed by atoms with Crippen LogP contribution in [0.5, 0.6) is 0 Å². The minimum Gasteiger partial charge on any atom is -0.342 e. The van der Waals surface area contributed by atoms with Gasteiger partial charge in [-0.1, -0.05) is 40.5 Å². The van der Waals surface area contributed by atoms with Crippen LogP contribution in [-0.4, -0.2) is 23.9 Å². The monoisotopic (exact) mass is 213 g/mol. The normalized spacial score (nSPS) is 10.7. The van der Waals surface area contributed by atoms with Crippen LogP contribution in [0.1, 0.15) is 59.8 Å². The van der Waals surface area contributed by atoms with E-state index in [2.05, 4.69) is 27.7 Å². The molecule has 0 spiro atoms. The highest BCUT2D eigenvalue weighted by molar-refractivity contribution is 5.76. The van der Waals surface area contributed by atoms with E-state index in [-0.39, 0.29) is 0 Å². The smallest absolute Gasteiger partial charge is 0.222 e. The fraction of sp³-hybridized carbons (Fsp3) is 0.923. The van der Waals surface area contributed by atoms with E-state index >= 15 is 0 Å². The maximum atomic E-state index is 11.9. The fourth-order valence-electron chi connectivity index (χ4n) is 1.59. The standard InChI is InChI=1S/C13H27NO/c1-5-7-9-13(15)14(10-8-6-2)11-12(3)4/h12H,5-11H2,1-4H3. The minimum atomic E-state index is 0.346. The van der Waals surface area contributed by atoms with Gasteiger partial charge >= 0.3 is 0 Å². The third-order valence-corrected chi connectivity index (χ3v) is 2.46. The van der Waals surface area contributed by atoms with Crippen LogP contribution in [0.25, 0.3) is 0 Å². The van der Waals surface area contributed by atoms with Crippen molar-refractivity contribution in [3.63, 3.8) is 0 Å². The van der Waals surface area contributed by atoms with Gasteiger partial charge in [0.2, 0.25) is 5.91 Å². The largest absolute Gasteiger partial charge is 0.342 e. The molecule has 0 aliphatic heterocycles. The summed E-state index contributed by atoms with van der Waals surface area (Å²) in [4.78, 5) is 13.9.